The second-order valence-electron chi connectivity index (χ2n) is 7.71. The molecule has 0 atom stereocenters. The summed E-state index contributed by atoms with van der Waals surface area (Å²) >= 11 is 0. The Morgan fingerprint density at radius 3 is 2.00 bits per heavy atom. The topological polar surface area (TPSA) is 49.3 Å². The van der Waals surface area contributed by atoms with Gasteiger partial charge in [-0.2, -0.15) is 0 Å². The molecule has 2 rings (SSSR count). The zero-order chi connectivity index (χ0) is 19.4. The van der Waals surface area contributed by atoms with Crippen molar-refractivity contribution in [3.63, 3.8) is 0 Å². The monoisotopic (exact) mass is 367 g/mol. The second-order valence-corrected chi connectivity index (χ2v) is 7.71. The molecule has 0 bridgehead atoms. The number of carbonyl (C=O) groups is 1. The van der Waals surface area contributed by atoms with Crippen LogP contribution < -0.4 is 5.32 Å². The lowest BCUT2D eigenvalue weighted by molar-refractivity contribution is -0.130. The fourth-order valence-corrected chi connectivity index (χ4v) is 4.01. The molecule has 1 aromatic carbocycles. The number of hydrogen-bond acceptors (Lipinski definition) is 2. The van der Waals surface area contributed by atoms with Gasteiger partial charge in [0.05, 0.1) is 0 Å². The standard InChI is InChI=1S/C24H33NO2/c1-2-18-24(19-10-8-6-4-3-5-7-9-11-20-24)25-22-15-12-21(13-16-22)14-17-23(26)27/h2,12-13,15-16,25H,1,3-11,18-20H2,(H,26,27). The van der Waals surface area contributed by atoms with Crippen LogP contribution in [0.4, 0.5) is 5.69 Å². The van der Waals surface area contributed by atoms with E-state index in [4.69, 9.17) is 5.11 Å². The smallest absolute Gasteiger partial charge is 0.382 e. The summed E-state index contributed by atoms with van der Waals surface area (Å²) in [7, 11) is 0. The van der Waals surface area contributed by atoms with Crippen molar-refractivity contribution in [3.8, 4) is 11.8 Å². The summed E-state index contributed by atoms with van der Waals surface area (Å²) in [5.74, 6) is 3.72. The molecular formula is C24H33NO2. The second kappa shape index (κ2) is 11.5. The average Bonchev–Trinajstić information content (AvgIpc) is 2.64. The summed E-state index contributed by atoms with van der Waals surface area (Å²) in [4.78, 5) is 10.6. The Hall–Kier alpha value is -2.21. The first-order valence-electron chi connectivity index (χ1n) is 10.4. The molecule has 27 heavy (non-hydrogen) atoms. The van der Waals surface area contributed by atoms with Gasteiger partial charge in [-0.15, -0.1) is 6.58 Å². The van der Waals surface area contributed by atoms with Crippen molar-refractivity contribution in [2.75, 3.05) is 5.32 Å². The zero-order valence-corrected chi connectivity index (χ0v) is 16.4. The van der Waals surface area contributed by atoms with Gasteiger partial charge in [-0.25, -0.2) is 4.79 Å². The molecule has 1 aromatic rings. The molecule has 0 heterocycles. The van der Waals surface area contributed by atoms with Crippen LogP contribution in [0.5, 0.6) is 0 Å². The van der Waals surface area contributed by atoms with E-state index in [9.17, 15) is 4.79 Å². The molecule has 0 spiro atoms. The zero-order valence-electron chi connectivity index (χ0n) is 16.4. The van der Waals surface area contributed by atoms with Crippen LogP contribution in [0.1, 0.15) is 82.6 Å². The Kier molecular flexibility index (Phi) is 8.98. The number of carboxylic acids is 1. The molecule has 0 unspecified atom stereocenters. The molecule has 0 amide bonds. The molecule has 2 N–H and O–H groups in total. The first-order chi connectivity index (χ1) is 13.1. The van der Waals surface area contributed by atoms with Gasteiger partial charge < -0.3 is 10.4 Å². The SMILES string of the molecule is C=CCC1(Nc2ccc(C#CC(=O)O)cc2)CCCCCCCCCCC1. The third-order valence-electron chi connectivity index (χ3n) is 5.45. The van der Waals surface area contributed by atoms with Crippen molar-refractivity contribution in [2.24, 2.45) is 0 Å². The van der Waals surface area contributed by atoms with E-state index in [0.29, 0.717) is 0 Å². The third-order valence-corrected chi connectivity index (χ3v) is 5.45. The maximum absolute atomic E-state index is 10.6. The molecule has 1 aliphatic rings. The summed E-state index contributed by atoms with van der Waals surface area (Å²) < 4.78 is 0. The molecule has 0 aliphatic heterocycles. The lowest BCUT2D eigenvalue weighted by Crippen LogP contribution is -2.38. The van der Waals surface area contributed by atoms with E-state index in [1.54, 1.807) is 0 Å². The van der Waals surface area contributed by atoms with Crippen molar-refractivity contribution in [1.29, 1.82) is 0 Å². The van der Waals surface area contributed by atoms with Gasteiger partial charge in [-0.05, 0) is 43.5 Å². The van der Waals surface area contributed by atoms with Crippen LogP contribution in [0.3, 0.4) is 0 Å². The Morgan fingerprint density at radius 2 is 1.52 bits per heavy atom. The van der Waals surface area contributed by atoms with Crippen LogP contribution >= 0.6 is 0 Å². The van der Waals surface area contributed by atoms with Gasteiger partial charge in [0.1, 0.15) is 0 Å². The minimum atomic E-state index is -1.10. The van der Waals surface area contributed by atoms with E-state index in [2.05, 4.69) is 23.7 Å². The first-order valence-corrected chi connectivity index (χ1v) is 10.4. The molecule has 3 nitrogen and oxygen atoms in total. The Bertz CT molecular complexity index is 639. The largest absolute Gasteiger partial charge is 0.472 e. The van der Waals surface area contributed by atoms with Gasteiger partial charge in [-0.3, -0.25) is 0 Å². The number of nitrogens with one attached hydrogen (secondary N) is 1. The maximum Gasteiger partial charge on any atom is 0.382 e. The van der Waals surface area contributed by atoms with E-state index in [1.807, 2.05) is 30.3 Å². The van der Waals surface area contributed by atoms with Crippen LogP contribution in [0, 0.1) is 11.8 Å². The van der Waals surface area contributed by atoms with Crippen LogP contribution in [0.15, 0.2) is 36.9 Å². The molecule has 0 saturated heterocycles. The average molecular weight is 368 g/mol. The van der Waals surface area contributed by atoms with Gasteiger partial charge in [0, 0.05) is 22.7 Å². The lowest BCUT2D eigenvalue weighted by atomic mass is 9.82. The molecule has 0 radical (unpaired) electrons. The Labute approximate surface area is 164 Å². The van der Waals surface area contributed by atoms with Crippen molar-refractivity contribution in [2.45, 2.75) is 82.6 Å². The fourth-order valence-electron chi connectivity index (χ4n) is 4.01. The molecule has 1 fully saturated rings. The summed E-state index contributed by atoms with van der Waals surface area (Å²) in [5, 5.41) is 12.5. The quantitative estimate of drug-likeness (QED) is 0.495. The van der Waals surface area contributed by atoms with E-state index in [1.165, 1.54) is 70.6 Å². The van der Waals surface area contributed by atoms with Gasteiger partial charge in [0.25, 0.3) is 0 Å². The van der Waals surface area contributed by atoms with Crippen molar-refractivity contribution >= 4 is 11.7 Å². The maximum atomic E-state index is 10.6. The molecule has 1 aliphatic carbocycles. The number of carboxylic acid groups (broad SMARTS) is 1. The normalized spacial score (nSPS) is 18.1. The highest BCUT2D eigenvalue weighted by molar-refractivity contribution is 5.87. The highest BCUT2D eigenvalue weighted by Gasteiger charge is 2.27. The fraction of sp³-hybridized carbons (Fsp3) is 0.542. The number of rotatable bonds is 4. The van der Waals surface area contributed by atoms with Crippen molar-refractivity contribution < 1.29 is 9.90 Å². The van der Waals surface area contributed by atoms with Crippen LogP contribution in [0.2, 0.25) is 0 Å². The number of benzene rings is 1. The van der Waals surface area contributed by atoms with Crippen LogP contribution in [-0.4, -0.2) is 16.6 Å². The van der Waals surface area contributed by atoms with Crippen molar-refractivity contribution in [3.05, 3.63) is 42.5 Å². The van der Waals surface area contributed by atoms with Gasteiger partial charge in [0.15, 0.2) is 0 Å². The molecule has 146 valence electrons. The van der Waals surface area contributed by atoms with Gasteiger partial charge in [0.2, 0.25) is 0 Å². The highest BCUT2D eigenvalue weighted by atomic mass is 16.4. The third kappa shape index (κ3) is 7.91. The summed E-state index contributed by atoms with van der Waals surface area (Å²) in [6.07, 6.45) is 17.3. The van der Waals surface area contributed by atoms with Crippen molar-refractivity contribution in [1.82, 2.24) is 0 Å². The lowest BCUT2D eigenvalue weighted by Gasteiger charge is -2.36. The minimum Gasteiger partial charge on any atom is -0.472 e. The van der Waals surface area contributed by atoms with E-state index in [-0.39, 0.29) is 5.54 Å². The molecule has 3 heteroatoms. The first kappa shape index (κ1) is 21.1. The van der Waals surface area contributed by atoms with E-state index < -0.39 is 5.97 Å². The number of hydrogen-bond donors (Lipinski definition) is 2. The van der Waals surface area contributed by atoms with Gasteiger partial charge >= 0.3 is 5.97 Å². The van der Waals surface area contributed by atoms with Gasteiger partial charge in [-0.1, -0.05) is 69.8 Å². The molecule has 0 aromatic heterocycles. The highest BCUT2D eigenvalue weighted by Crippen LogP contribution is 2.32. The Balaban J connectivity index is 2.10. The predicted molar refractivity (Wildman–Crippen MR) is 113 cm³/mol. The Morgan fingerprint density at radius 1 is 1.00 bits per heavy atom. The van der Waals surface area contributed by atoms with Crippen LogP contribution in [-0.2, 0) is 4.79 Å². The minimum absolute atomic E-state index is 0.0647. The number of anilines is 1. The number of aliphatic carboxylic acids is 1. The van der Waals surface area contributed by atoms with E-state index >= 15 is 0 Å². The molecular weight excluding hydrogens is 334 g/mol. The summed E-state index contributed by atoms with van der Waals surface area (Å²) in [6.45, 7) is 4.01. The summed E-state index contributed by atoms with van der Waals surface area (Å²) in [5.41, 5.74) is 1.86. The predicted octanol–water partition coefficient (Wildman–Crippen LogP) is 6.15. The molecule has 1 saturated carbocycles. The van der Waals surface area contributed by atoms with E-state index in [0.717, 1.165) is 17.7 Å². The van der Waals surface area contributed by atoms with Crippen LogP contribution in [0.25, 0.3) is 0 Å². The summed E-state index contributed by atoms with van der Waals surface area (Å²) in [6, 6.07) is 7.78.